The van der Waals surface area contributed by atoms with Crippen LogP contribution < -0.4 is 15.4 Å². The third-order valence-corrected chi connectivity index (χ3v) is 4.03. The van der Waals surface area contributed by atoms with Gasteiger partial charge in [0.05, 0.1) is 17.7 Å². The maximum Gasteiger partial charge on any atom is 0.408 e. The Bertz CT molecular complexity index is 622. The first-order chi connectivity index (χ1) is 11.5. The molecular formula is C19H30N2O3S. The average molecular weight is 367 g/mol. The molecule has 0 fully saturated rings. The predicted octanol–water partition coefficient (Wildman–Crippen LogP) is 5.09. The topological polar surface area (TPSA) is 59.6 Å². The van der Waals surface area contributed by atoms with Crippen LogP contribution in [0.3, 0.4) is 0 Å². The lowest BCUT2D eigenvalue weighted by Crippen LogP contribution is -2.44. The van der Waals surface area contributed by atoms with E-state index in [9.17, 15) is 4.79 Å². The molecular weight excluding hydrogens is 336 g/mol. The lowest BCUT2D eigenvalue weighted by molar-refractivity contribution is 0.0469. The second-order valence-corrected chi connectivity index (χ2v) is 8.51. The zero-order valence-corrected chi connectivity index (χ0v) is 17.1. The molecule has 6 heteroatoms. The van der Waals surface area contributed by atoms with Crippen LogP contribution >= 0.6 is 11.8 Å². The fourth-order valence-electron chi connectivity index (χ4n) is 2.27. The van der Waals surface area contributed by atoms with E-state index in [0.29, 0.717) is 5.75 Å². The van der Waals surface area contributed by atoms with Crippen molar-refractivity contribution in [2.75, 3.05) is 18.2 Å². The SMILES string of the molecule is C=C(Nc1ccc(OC)c(C(C)(C)NC(=O)OC(C)(C)C)c1)SCC. The molecule has 0 aromatic heterocycles. The number of benzene rings is 1. The zero-order valence-electron chi connectivity index (χ0n) is 16.3. The van der Waals surface area contributed by atoms with Crippen molar-refractivity contribution in [3.05, 3.63) is 35.4 Å². The quantitative estimate of drug-likeness (QED) is 0.704. The van der Waals surface area contributed by atoms with Gasteiger partial charge in [-0.25, -0.2) is 4.79 Å². The molecule has 0 aliphatic rings. The van der Waals surface area contributed by atoms with Gasteiger partial charge in [0.2, 0.25) is 0 Å². The van der Waals surface area contributed by atoms with Gasteiger partial charge in [-0.1, -0.05) is 13.5 Å². The molecule has 0 atom stereocenters. The predicted molar refractivity (Wildman–Crippen MR) is 106 cm³/mol. The molecule has 1 aromatic rings. The maximum absolute atomic E-state index is 12.2. The summed E-state index contributed by atoms with van der Waals surface area (Å²) >= 11 is 1.64. The van der Waals surface area contributed by atoms with Crippen LogP contribution in [0, 0.1) is 0 Å². The summed E-state index contributed by atoms with van der Waals surface area (Å²) in [4.78, 5) is 12.2. The van der Waals surface area contributed by atoms with Crippen molar-refractivity contribution in [2.24, 2.45) is 0 Å². The smallest absolute Gasteiger partial charge is 0.408 e. The molecule has 0 saturated carbocycles. The Morgan fingerprint density at radius 2 is 1.88 bits per heavy atom. The molecule has 140 valence electrons. The minimum absolute atomic E-state index is 0.469. The normalized spacial score (nSPS) is 11.6. The molecule has 25 heavy (non-hydrogen) atoms. The summed E-state index contributed by atoms with van der Waals surface area (Å²) in [5.41, 5.74) is 0.508. The van der Waals surface area contributed by atoms with Gasteiger partial charge in [0.25, 0.3) is 0 Å². The van der Waals surface area contributed by atoms with Crippen LogP contribution in [0.4, 0.5) is 10.5 Å². The Morgan fingerprint density at radius 1 is 1.24 bits per heavy atom. The lowest BCUT2D eigenvalue weighted by Gasteiger charge is -2.30. The number of rotatable bonds is 7. The van der Waals surface area contributed by atoms with Gasteiger partial charge >= 0.3 is 6.09 Å². The highest BCUT2D eigenvalue weighted by Gasteiger charge is 2.29. The summed E-state index contributed by atoms with van der Waals surface area (Å²) in [7, 11) is 1.61. The van der Waals surface area contributed by atoms with Gasteiger partial charge in [-0.2, -0.15) is 0 Å². The molecule has 0 bridgehead atoms. The number of hydrogen-bond donors (Lipinski definition) is 2. The van der Waals surface area contributed by atoms with E-state index < -0.39 is 17.2 Å². The second kappa shape index (κ2) is 8.52. The molecule has 0 aliphatic heterocycles. The third-order valence-electron chi connectivity index (χ3n) is 3.29. The fraction of sp³-hybridized carbons (Fsp3) is 0.526. The number of ether oxygens (including phenoxy) is 2. The van der Waals surface area contributed by atoms with Crippen LogP contribution in [-0.2, 0) is 10.3 Å². The largest absolute Gasteiger partial charge is 0.496 e. The summed E-state index contributed by atoms with van der Waals surface area (Å²) in [6.45, 7) is 15.4. The molecule has 1 amide bonds. The van der Waals surface area contributed by atoms with E-state index in [4.69, 9.17) is 9.47 Å². The van der Waals surface area contributed by atoms with Gasteiger partial charge in [0.1, 0.15) is 11.4 Å². The Hall–Kier alpha value is -1.82. The minimum atomic E-state index is -0.676. The number of carbonyl (C=O) groups is 1. The summed E-state index contributed by atoms with van der Waals surface area (Å²) in [6, 6.07) is 5.75. The van der Waals surface area contributed by atoms with Gasteiger partial charge in [-0.15, -0.1) is 11.8 Å². The Labute approximate surface area is 155 Å². The van der Waals surface area contributed by atoms with E-state index in [1.54, 1.807) is 18.9 Å². The molecule has 0 heterocycles. The summed E-state index contributed by atoms with van der Waals surface area (Å²) in [5.74, 6) is 1.64. The first-order valence-corrected chi connectivity index (χ1v) is 9.25. The number of alkyl carbamates (subject to hydrolysis) is 1. The zero-order chi connectivity index (χ0) is 19.3. The van der Waals surface area contributed by atoms with E-state index in [-0.39, 0.29) is 0 Å². The van der Waals surface area contributed by atoms with Gasteiger partial charge in [0.15, 0.2) is 0 Å². The number of nitrogens with one attached hydrogen (secondary N) is 2. The van der Waals surface area contributed by atoms with Crippen molar-refractivity contribution in [3.63, 3.8) is 0 Å². The molecule has 0 aliphatic carbocycles. The van der Waals surface area contributed by atoms with Crippen LogP contribution in [-0.4, -0.2) is 24.6 Å². The van der Waals surface area contributed by atoms with Crippen molar-refractivity contribution in [2.45, 2.75) is 52.7 Å². The maximum atomic E-state index is 12.2. The molecule has 1 rings (SSSR count). The first-order valence-electron chi connectivity index (χ1n) is 8.27. The third kappa shape index (κ3) is 6.90. The van der Waals surface area contributed by atoms with Gasteiger partial charge in [-0.05, 0) is 58.6 Å². The van der Waals surface area contributed by atoms with Gasteiger partial charge in [-0.3, -0.25) is 0 Å². The van der Waals surface area contributed by atoms with E-state index in [2.05, 4.69) is 24.1 Å². The lowest BCUT2D eigenvalue weighted by atomic mass is 9.93. The summed E-state index contributed by atoms with van der Waals surface area (Å²) in [6.07, 6.45) is -0.469. The molecule has 2 N–H and O–H groups in total. The molecule has 5 nitrogen and oxygen atoms in total. The van der Waals surface area contributed by atoms with E-state index in [1.807, 2.05) is 52.8 Å². The molecule has 1 aromatic carbocycles. The fourth-order valence-corrected chi connectivity index (χ4v) is 2.81. The molecule has 0 radical (unpaired) electrons. The Kier molecular flexibility index (Phi) is 7.23. The highest BCUT2D eigenvalue weighted by molar-refractivity contribution is 8.03. The van der Waals surface area contributed by atoms with Crippen molar-refractivity contribution >= 4 is 23.5 Å². The number of thioether (sulfide) groups is 1. The number of amides is 1. The average Bonchev–Trinajstić information content (AvgIpc) is 2.44. The number of methoxy groups -OCH3 is 1. The van der Waals surface area contributed by atoms with Crippen molar-refractivity contribution < 1.29 is 14.3 Å². The second-order valence-electron chi connectivity index (χ2n) is 7.15. The number of anilines is 1. The summed E-state index contributed by atoms with van der Waals surface area (Å²) in [5, 5.41) is 7.05. The highest BCUT2D eigenvalue weighted by Crippen LogP contribution is 2.33. The minimum Gasteiger partial charge on any atom is -0.496 e. The van der Waals surface area contributed by atoms with Crippen LogP contribution in [0.1, 0.15) is 47.1 Å². The number of hydrogen-bond acceptors (Lipinski definition) is 5. The van der Waals surface area contributed by atoms with Crippen molar-refractivity contribution in [1.29, 1.82) is 0 Å². The van der Waals surface area contributed by atoms with Crippen molar-refractivity contribution in [3.8, 4) is 5.75 Å². The van der Waals surface area contributed by atoms with E-state index >= 15 is 0 Å². The van der Waals surface area contributed by atoms with Crippen molar-refractivity contribution in [1.82, 2.24) is 5.32 Å². The molecule has 0 spiro atoms. The Morgan fingerprint density at radius 3 is 2.40 bits per heavy atom. The van der Waals surface area contributed by atoms with Gasteiger partial charge < -0.3 is 20.1 Å². The van der Waals surface area contributed by atoms with Crippen LogP contribution in [0.2, 0.25) is 0 Å². The van der Waals surface area contributed by atoms with Crippen LogP contribution in [0.25, 0.3) is 0 Å². The Balaban J connectivity index is 3.06. The molecule has 0 saturated heterocycles. The van der Waals surface area contributed by atoms with E-state index in [1.165, 1.54) is 0 Å². The number of carbonyl (C=O) groups excluding carboxylic acids is 1. The highest BCUT2D eigenvalue weighted by atomic mass is 32.2. The first kappa shape index (κ1) is 21.2. The van der Waals surface area contributed by atoms with E-state index in [0.717, 1.165) is 22.0 Å². The van der Waals surface area contributed by atoms with Crippen LogP contribution in [0.5, 0.6) is 5.75 Å². The summed E-state index contributed by atoms with van der Waals surface area (Å²) < 4.78 is 10.8. The van der Waals surface area contributed by atoms with Crippen LogP contribution in [0.15, 0.2) is 29.8 Å². The molecule has 0 unspecified atom stereocenters. The monoisotopic (exact) mass is 366 g/mol. The van der Waals surface area contributed by atoms with Gasteiger partial charge in [0, 0.05) is 11.3 Å². The standard InChI is InChI=1S/C19H30N2O3S/c1-9-25-13(2)20-14-10-11-16(23-8)15(12-14)19(6,7)21-17(22)24-18(3,4)5/h10-12,20H,2,9H2,1,3-8H3,(H,21,22).